The second kappa shape index (κ2) is 7.75. The Labute approximate surface area is 92.6 Å². The minimum atomic E-state index is -3.15. The molecule has 0 saturated carbocycles. The van der Waals surface area contributed by atoms with Crippen molar-refractivity contribution in [2.45, 2.75) is 27.7 Å². The SMILES string of the molecule is CC=CC(=O)[Si](OCC)(OCC)OCC. The molecular weight excluding hydrogens is 212 g/mol. The summed E-state index contributed by atoms with van der Waals surface area (Å²) in [5.41, 5.74) is 0. The van der Waals surface area contributed by atoms with Crippen LogP contribution >= 0.6 is 0 Å². The van der Waals surface area contributed by atoms with Crippen molar-refractivity contribution in [2.75, 3.05) is 19.8 Å². The molecule has 0 aliphatic heterocycles. The lowest BCUT2D eigenvalue weighted by Crippen LogP contribution is -2.53. The average molecular weight is 232 g/mol. The number of carbonyl (C=O) groups excluding carboxylic acids is 1. The van der Waals surface area contributed by atoms with Crippen LogP contribution in [0.1, 0.15) is 27.7 Å². The zero-order valence-electron chi connectivity index (χ0n) is 9.91. The Morgan fingerprint density at radius 2 is 1.47 bits per heavy atom. The van der Waals surface area contributed by atoms with Crippen LogP contribution in [-0.2, 0) is 18.1 Å². The van der Waals surface area contributed by atoms with Crippen molar-refractivity contribution in [2.24, 2.45) is 0 Å². The highest BCUT2D eigenvalue weighted by Gasteiger charge is 2.48. The minimum Gasteiger partial charge on any atom is -0.368 e. The Morgan fingerprint density at radius 1 is 1.07 bits per heavy atom. The van der Waals surface area contributed by atoms with Gasteiger partial charge in [0.1, 0.15) is 0 Å². The Balaban J connectivity index is 4.81. The predicted octanol–water partition coefficient (Wildman–Crippen LogP) is 1.72. The molecule has 0 aliphatic carbocycles. The van der Waals surface area contributed by atoms with Crippen molar-refractivity contribution in [3.05, 3.63) is 12.2 Å². The van der Waals surface area contributed by atoms with Gasteiger partial charge in [0.15, 0.2) is 0 Å². The number of rotatable bonds is 8. The van der Waals surface area contributed by atoms with Gasteiger partial charge in [-0.05, 0) is 33.8 Å². The lowest BCUT2D eigenvalue weighted by Gasteiger charge is -2.25. The highest BCUT2D eigenvalue weighted by molar-refractivity contribution is 6.94. The van der Waals surface area contributed by atoms with E-state index < -0.39 is 8.80 Å². The van der Waals surface area contributed by atoms with E-state index in [-0.39, 0.29) is 5.41 Å². The molecule has 0 aromatic rings. The standard InChI is InChI=1S/C10H20O4Si/c1-5-9-10(11)15(12-6-2,13-7-3)14-8-4/h5,9H,6-8H2,1-4H3. The van der Waals surface area contributed by atoms with Crippen molar-refractivity contribution >= 4 is 14.2 Å². The fraction of sp³-hybridized carbons (Fsp3) is 0.700. The molecule has 88 valence electrons. The van der Waals surface area contributed by atoms with Crippen molar-refractivity contribution in [1.29, 1.82) is 0 Å². The van der Waals surface area contributed by atoms with Crippen LogP contribution in [-0.4, -0.2) is 34.0 Å². The van der Waals surface area contributed by atoms with Crippen LogP contribution in [0.3, 0.4) is 0 Å². The monoisotopic (exact) mass is 232 g/mol. The molecule has 0 aromatic carbocycles. The number of hydrogen-bond donors (Lipinski definition) is 0. The van der Waals surface area contributed by atoms with Crippen LogP contribution in [0.4, 0.5) is 0 Å². The molecule has 0 heterocycles. The van der Waals surface area contributed by atoms with Gasteiger partial charge in [-0.15, -0.1) is 0 Å². The van der Waals surface area contributed by atoms with Crippen LogP contribution in [0.5, 0.6) is 0 Å². The molecule has 0 aliphatic rings. The van der Waals surface area contributed by atoms with E-state index in [0.717, 1.165) is 0 Å². The molecule has 0 aromatic heterocycles. The van der Waals surface area contributed by atoms with Gasteiger partial charge >= 0.3 is 8.80 Å². The normalized spacial score (nSPS) is 12.3. The van der Waals surface area contributed by atoms with Gasteiger partial charge < -0.3 is 13.3 Å². The van der Waals surface area contributed by atoms with E-state index in [2.05, 4.69) is 0 Å². The molecule has 0 saturated heterocycles. The van der Waals surface area contributed by atoms with Crippen molar-refractivity contribution in [1.82, 2.24) is 0 Å². The van der Waals surface area contributed by atoms with Gasteiger partial charge in [0.2, 0.25) is 5.41 Å². The fourth-order valence-corrected chi connectivity index (χ4v) is 3.35. The topological polar surface area (TPSA) is 44.8 Å². The first-order chi connectivity index (χ1) is 7.16. The molecule has 0 bridgehead atoms. The quantitative estimate of drug-likeness (QED) is 0.472. The Morgan fingerprint density at radius 3 is 1.73 bits per heavy atom. The van der Waals surface area contributed by atoms with Gasteiger partial charge in [-0.2, -0.15) is 0 Å². The first kappa shape index (κ1) is 14.5. The Hall–Kier alpha value is -0.493. The highest BCUT2D eigenvalue weighted by atomic mass is 28.4. The molecule has 5 heteroatoms. The molecular formula is C10H20O4Si. The largest absolute Gasteiger partial charge is 0.579 e. The second-order valence-electron chi connectivity index (χ2n) is 2.72. The Bertz CT molecular complexity index is 198. The maximum Gasteiger partial charge on any atom is 0.579 e. The van der Waals surface area contributed by atoms with Gasteiger partial charge in [0, 0.05) is 19.8 Å². The summed E-state index contributed by atoms with van der Waals surface area (Å²) >= 11 is 0. The smallest absolute Gasteiger partial charge is 0.368 e. The van der Waals surface area contributed by atoms with E-state index in [1.165, 1.54) is 6.08 Å². The summed E-state index contributed by atoms with van der Waals surface area (Å²) in [7, 11) is -3.15. The zero-order chi connectivity index (χ0) is 11.7. The number of hydrogen-bond acceptors (Lipinski definition) is 4. The molecule has 0 atom stereocenters. The molecule has 0 spiro atoms. The van der Waals surface area contributed by atoms with Gasteiger partial charge in [-0.25, -0.2) is 0 Å². The summed E-state index contributed by atoms with van der Waals surface area (Å²) in [6, 6.07) is 0. The highest BCUT2D eigenvalue weighted by Crippen LogP contribution is 2.12. The molecule has 0 fully saturated rings. The lowest BCUT2D eigenvalue weighted by atomic mass is 10.6. The first-order valence-corrected chi connectivity index (χ1v) is 6.98. The van der Waals surface area contributed by atoms with Gasteiger partial charge in [-0.3, -0.25) is 4.79 Å². The van der Waals surface area contributed by atoms with Crippen LogP contribution in [0.15, 0.2) is 12.2 Å². The van der Waals surface area contributed by atoms with Crippen LogP contribution < -0.4 is 0 Å². The second-order valence-corrected chi connectivity index (χ2v) is 5.19. The third kappa shape index (κ3) is 4.25. The third-order valence-corrected chi connectivity index (χ3v) is 4.40. The van der Waals surface area contributed by atoms with Crippen molar-refractivity contribution in [3.63, 3.8) is 0 Å². The third-order valence-electron chi connectivity index (χ3n) is 1.62. The van der Waals surface area contributed by atoms with E-state index in [9.17, 15) is 4.79 Å². The average Bonchev–Trinajstić information content (AvgIpc) is 2.19. The van der Waals surface area contributed by atoms with Crippen LogP contribution in [0, 0.1) is 0 Å². The summed E-state index contributed by atoms with van der Waals surface area (Å²) in [4.78, 5) is 11.8. The molecule has 0 amide bonds. The molecule has 15 heavy (non-hydrogen) atoms. The lowest BCUT2D eigenvalue weighted by molar-refractivity contribution is -0.115. The summed E-state index contributed by atoms with van der Waals surface area (Å²) in [6.45, 7) is 8.48. The zero-order valence-corrected chi connectivity index (χ0v) is 10.9. The van der Waals surface area contributed by atoms with Crippen LogP contribution in [0.2, 0.25) is 0 Å². The predicted molar refractivity (Wildman–Crippen MR) is 60.5 cm³/mol. The molecule has 0 radical (unpaired) electrons. The minimum absolute atomic E-state index is 0.185. The van der Waals surface area contributed by atoms with Gasteiger partial charge in [0.05, 0.1) is 0 Å². The number of allylic oxidation sites excluding steroid dienone is 2. The first-order valence-electron chi connectivity index (χ1n) is 5.25. The number of carbonyl (C=O) groups is 1. The van der Waals surface area contributed by atoms with Crippen molar-refractivity contribution < 1.29 is 18.1 Å². The molecule has 4 nitrogen and oxygen atoms in total. The summed E-state index contributed by atoms with van der Waals surface area (Å²) in [6.07, 6.45) is 3.12. The summed E-state index contributed by atoms with van der Waals surface area (Å²) in [5.74, 6) is 0. The van der Waals surface area contributed by atoms with Crippen molar-refractivity contribution in [3.8, 4) is 0 Å². The molecule has 0 unspecified atom stereocenters. The van der Waals surface area contributed by atoms with E-state index in [1.54, 1.807) is 13.0 Å². The van der Waals surface area contributed by atoms with Gasteiger partial charge in [0.25, 0.3) is 0 Å². The van der Waals surface area contributed by atoms with Gasteiger partial charge in [-0.1, -0.05) is 6.08 Å². The van der Waals surface area contributed by atoms with E-state index in [1.807, 2.05) is 20.8 Å². The van der Waals surface area contributed by atoms with Crippen LogP contribution in [0.25, 0.3) is 0 Å². The molecule has 0 rings (SSSR count). The van der Waals surface area contributed by atoms with E-state index in [0.29, 0.717) is 19.8 Å². The maximum atomic E-state index is 11.8. The van der Waals surface area contributed by atoms with E-state index in [4.69, 9.17) is 13.3 Å². The maximum absolute atomic E-state index is 11.8. The Kier molecular flexibility index (Phi) is 7.50. The summed E-state index contributed by atoms with van der Waals surface area (Å²) < 4.78 is 16.3. The molecule has 0 N–H and O–H groups in total. The summed E-state index contributed by atoms with van der Waals surface area (Å²) in [5, 5.41) is -0.185. The van der Waals surface area contributed by atoms with E-state index >= 15 is 0 Å². The fourth-order valence-electron chi connectivity index (χ4n) is 1.16.